The molecule has 2 N–H and O–H groups in total. The Morgan fingerprint density at radius 2 is 1.80 bits per heavy atom. The smallest absolute Gasteiger partial charge is 0.411 e. The van der Waals surface area contributed by atoms with Crippen LogP contribution in [0.2, 0.25) is 0 Å². The van der Waals surface area contributed by atoms with Crippen molar-refractivity contribution in [3.63, 3.8) is 0 Å². The molecule has 0 spiro atoms. The van der Waals surface area contributed by atoms with Gasteiger partial charge < -0.3 is 14.4 Å². The molecule has 0 atom stereocenters. The van der Waals surface area contributed by atoms with E-state index in [4.69, 9.17) is 9.72 Å². The number of aromatic carboxylic acids is 1. The number of ether oxygens (including phenoxy) is 1. The third-order valence-corrected chi connectivity index (χ3v) is 5.87. The van der Waals surface area contributed by atoms with E-state index in [1.165, 1.54) is 0 Å². The normalized spacial score (nSPS) is 10.9. The van der Waals surface area contributed by atoms with E-state index in [0.29, 0.717) is 24.4 Å². The van der Waals surface area contributed by atoms with Gasteiger partial charge in [0.1, 0.15) is 5.82 Å². The number of unbranched alkanes of at least 4 members (excludes halogenated alkanes) is 1. The van der Waals surface area contributed by atoms with Gasteiger partial charge in [0.05, 0.1) is 23.2 Å². The van der Waals surface area contributed by atoms with Crippen molar-refractivity contribution in [2.24, 2.45) is 0 Å². The van der Waals surface area contributed by atoms with Crippen LogP contribution in [0.3, 0.4) is 0 Å². The summed E-state index contributed by atoms with van der Waals surface area (Å²) >= 11 is 0. The highest BCUT2D eigenvalue weighted by Crippen LogP contribution is 2.26. The number of hydrogen-bond acceptors (Lipinski definition) is 4. The van der Waals surface area contributed by atoms with E-state index in [1.54, 1.807) is 19.1 Å². The molecule has 1 aromatic heterocycles. The second-order valence-electron chi connectivity index (χ2n) is 8.31. The van der Waals surface area contributed by atoms with E-state index in [9.17, 15) is 14.7 Å². The molecule has 0 saturated carbocycles. The first kappa shape index (κ1) is 24.0. The maximum absolute atomic E-state index is 11.9. The van der Waals surface area contributed by atoms with Crippen molar-refractivity contribution in [3.8, 4) is 11.1 Å². The molecule has 35 heavy (non-hydrogen) atoms. The number of nitrogens with one attached hydrogen (secondary N) is 1. The van der Waals surface area contributed by atoms with E-state index in [0.717, 1.165) is 47.2 Å². The summed E-state index contributed by atoms with van der Waals surface area (Å²) in [5.74, 6) is 0.0535. The molecule has 0 saturated heterocycles. The molecule has 3 aromatic carbocycles. The van der Waals surface area contributed by atoms with Crippen LogP contribution in [-0.2, 0) is 17.7 Å². The first-order valence-corrected chi connectivity index (χ1v) is 11.8. The summed E-state index contributed by atoms with van der Waals surface area (Å²) in [5, 5.41) is 12.3. The lowest BCUT2D eigenvalue weighted by molar-refractivity contribution is 0.0697. The number of fused-ring (bicyclic) bond motifs is 1. The summed E-state index contributed by atoms with van der Waals surface area (Å²) in [6.07, 6.45) is 2.47. The van der Waals surface area contributed by atoms with E-state index >= 15 is 0 Å². The molecule has 180 valence electrons. The van der Waals surface area contributed by atoms with Crippen molar-refractivity contribution in [1.29, 1.82) is 0 Å². The number of carboxylic acid groups (broad SMARTS) is 1. The fourth-order valence-electron chi connectivity index (χ4n) is 4.13. The largest absolute Gasteiger partial charge is 0.478 e. The molecule has 0 radical (unpaired) electrons. The van der Waals surface area contributed by atoms with Crippen molar-refractivity contribution in [1.82, 2.24) is 9.55 Å². The maximum atomic E-state index is 11.9. The fraction of sp³-hybridized carbons (Fsp3) is 0.250. The number of carboxylic acids is 1. The van der Waals surface area contributed by atoms with Crippen LogP contribution in [0.15, 0.2) is 66.7 Å². The zero-order chi connectivity index (χ0) is 24.8. The highest BCUT2D eigenvalue weighted by molar-refractivity contribution is 5.96. The number of aryl methyl sites for hydroxylation is 1. The number of nitrogens with zero attached hydrogens (tertiary/aromatic N) is 2. The van der Waals surface area contributed by atoms with Gasteiger partial charge in [0.25, 0.3) is 0 Å². The molecule has 4 rings (SSSR count). The van der Waals surface area contributed by atoms with Crippen LogP contribution in [0.25, 0.3) is 22.2 Å². The summed E-state index contributed by atoms with van der Waals surface area (Å²) in [6, 6.07) is 20.6. The molecule has 1 amide bonds. The number of hydrogen-bond donors (Lipinski definition) is 2. The standard InChI is InChI=1S/C28H29N3O4/c1-3-5-10-26-30-24-16-15-21(29-28(34)35-4-2)17-25(24)31(26)18-19-11-13-20(14-12-19)22-8-6-7-9-23(22)27(32)33/h6-9,11-17H,3-5,10,18H2,1-2H3,(H,29,34)(H,32,33). The van der Waals surface area contributed by atoms with E-state index in [-0.39, 0.29) is 5.56 Å². The van der Waals surface area contributed by atoms with Gasteiger partial charge in [-0.15, -0.1) is 0 Å². The van der Waals surface area contributed by atoms with Gasteiger partial charge in [-0.1, -0.05) is 55.8 Å². The van der Waals surface area contributed by atoms with Crippen LogP contribution < -0.4 is 5.32 Å². The lowest BCUT2D eigenvalue weighted by atomic mass is 9.99. The zero-order valence-electron chi connectivity index (χ0n) is 20.0. The van der Waals surface area contributed by atoms with Crippen molar-refractivity contribution in [2.45, 2.75) is 39.7 Å². The van der Waals surface area contributed by atoms with Crippen LogP contribution in [0, 0.1) is 0 Å². The van der Waals surface area contributed by atoms with Gasteiger partial charge >= 0.3 is 12.1 Å². The van der Waals surface area contributed by atoms with E-state index < -0.39 is 12.1 Å². The van der Waals surface area contributed by atoms with Crippen LogP contribution in [0.1, 0.15) is 48.4 Å². The summed E-state index contributed by atoms with van der Waals surface area (Å²) < 4.78 is 7.19. The van der Waals surface area contributed by atoms with Crippen molar-refractivity contribution in [2.75, 3.05) is 11.9 Å². The highest BCUT2D eigenvalue weighted by atomic mass is 16.5. The summed E-state index contributed by atoms with van der Waals surface area (Å²) in [5.41, 5.74) is 5.36. The Hall–Kier alpha value is -4.13. The molecule has 0 fully saturated rings. The molecule has 7 nitrogen and oxygen atoms in total. The average molecular weight is 472 g/mol. The number of benzene rings is 3. The number of amides is 1. The van der Waals surface area contributed by atoms with E-state index in [2.05, 4.69) is 16.8 Å². The summed E-state index contributed by atoms with van der Waals surface area (Å²) in [6.45, 7) is 4.84. The Labute approximate surface area is 204 Å². The monoisotopic (exact) mass is 471 g/mol. The minimum atomic E-state index is -0.942. The van der Waals surface area contributed by atoms with Crippen LogP contribution in [-0.4, -0.2) is 33.3 Å². The maximum Gasteiger partial charge on any atom is 0.411 e. The number of imidazole rings is 1. The van der Waals surface area contributed by atoms with Gasteiger partial charge in [-0.05, 0) is 54.3 Å². The molecular formula is C28H29N3O4. The number of anilines is 1. The summed E-state index contributed by atoms with van der Waals surface area (Å²) in [4.78, 5) is 28.4. The number of aromatic nitrogens is 2. The number of carbonyl (C=O) groups is 2. The molecule has 7 heteroatoms. The minimum absolute atomic E-state index is 0.282. The van der Waals surface area contributed by atoms with Crippen molar-refractivity contribution >= 4 is 28.8 Å². The van der Waals surface area contributed by atoms with Crippen LogP contribution in [0.5, 0.6) is 0 Å². The lowest BCUT2D eigenvalue weighted by Gasteiger charge is -2.12. The molecule has 0 aliphatic carbocycles. The highest BCUT2D eigenvalue weighted by Gasteiger charge is 2.14. The number of carbonyl (C=O) groups excluding carboxylic acids is 1. The quantitative estimate of drug-likeness (QED) is 0.296. The SMILES string of the molecule is CCCCc1nc2ccc(NC(=O)OCC)cc2n1Cc1ccc(-c2ccccc2C(=O)O)cc1. The van der Waals surface area contributed by atoms with Gasteiger partial charge in [-0.3, -0.25) is 5.32 Å². The minimum Gasteiger partial charge on any atom is -0.478 e. The topological polar surface area (TPSA) is 93.5 Å². The third kappa shape index (κ3) is 5.51. The first-order valence-electron chi connectivity index (χ1n) is 11.8. The van der Waals surface area contributed by atoms with Crippen molar-refractivity contribution < 1.29 is 19.4 Å². The second kappa shape index (κ2) is 10.9. The molecule has 0 aliphatic heterocycles. The van der Waals surface area contributed by atoms with Crippen LogP contribution in [0.4, 0.5) is 10.5 Å². The molecular weight excluding hydrogens is 442 g/mol. The zero-order valence-corrected chi connectivity index (χ0v) is 20.0. The van der Waals surface area contributed by atoms with E-state index in [1.807, 2.05) is 54.6 Å². The Morgan fingerprint density at radius 3 is 2.51 bits per heavy atom. The fourth-order valence-corrected chi connectivity index (χ4v) is 4.13. The Kier molecular flexibility index (Phi) is 7.45. The Balaban J connectivity index is 1.66. The second-order valence-corrected chi connectivity index (χ2v) is 8.31. The number of rotatable bonds is 9. The van der Waals surface area contributed by atoms with Gasteiger partial charge in [-0.25, -0.2) is 14.6 Å². The molecule has 0 aliphatic rings. The first-order chi connectivity index (χ1) is 17.0. The van der Waals surface area contributed by atoms with Gasteiger partial charge in [0, 0.05) is 18.7 Å². The predicted molar refractivity (Wildman–Crippen MR) is 137 cm³/mol. The van der Waals surface area contributed by atoms with Crippen LogP contribution >= 0.6 is 0 Å². The van der Waals surface area contributed by atoms with Gasteiger partial charge in [0.2, 0.25) is 0 Å². The van der Waals surface area contributed by atoms with Gasteiger partial charge in [-0.2, -0.15) is 0 Å². The molecule has 0 unspecified atom stereocenters. The predicted octanol–water partition coefficient (Wildman–Crippen LogP) is 6.36. The Bertz CT molecular complexity index is 1340. The lowest BCUT2D eigenvalue weighted by Crippen LogP contribution is -2.13. The molecule has 1 heterocycles. The van der Waals surface area contributed by atoms with Crippen molar-refractivity contribution in [3.05, 3.63) is 83.7 Å². The Morgan fingerprint density at radius 1 is 1.03 bits per heavy atom. The molecule has 4 aromatic rings. The molecule has 0 bridgehead atoms. The average Bonchev–Trinajstić information content (AvgIpc) is 3.19. The third-order valence-electron chi connectivity index (χ3n) is 5.87. The van der Waals surface area contributed by atoms with Gasteiger partial charge in [0.15, 0.2) is 0 Å². The summed E-state index contributed by atoms with van der Waals surface area (Å²) in [7, 11) is 0.